The average molecular weight is 382 g/mol. The number of imidazole rings is 1. The maximum Gasteiger partial charge on any atom is 0.217 e. The van der Waals surface area contributed by atoms with E-state index in [1.165, 1.54) is 0 Å². The number of benzene rings is 1. The lowest BCUT2D eigenvalue weighted by Crippen LogP contribution is -2.33. The van der Waals surface area contributed by atoms with E-state index in [1.54, 1.807) is 13.1 Å². The van der Waals surface area contributed by atoms with Crippen molar-refractivity contribution in [2.45, 2.75) is 13.0 Å². The molecule has 1 saturated heterocycles. The number of hydrogen-bond donors (Lipinski definition) is 1. The first-order valence-electron chi connectivity index (χ1n) is 9.12. The number of carbonyl (C=O) groups is 1. The second-order valence-electron chi connectivity index (χ2n) is 7.46. The van der Waals surface area contributed by atoms with Gasteiger partial charge in [0, 0.05) is 56.7 Å². The van der Waals surface area contributed by atoms with Gasteiger partial charge in [0.15, 0.2) is 0 Å². The van der Waals surface area contributed by atoms with Crippen LogP contribution in [-0.4, -0.2) is 39.6 Å². The predicted molar refractivity (Wildman–Crippen MR) is 106 cm³/mol. The van der Waals surface area contributed by atoms with Gasteiger partial charge in [-0.1, -0.05) is 23.7 Å². The Morgan fingerprint density at radius 3 is 2.70 bits per heavy atom. The molecular formula is C20H20ClN5O. The number of hydrogen-bond acceptors (Lipinski definition) is 4. The molecule has 0 radical (unpaired) electrons. The highest BCUT2D eigenvalue weighted by Crippen LogP contribution is 2.47. The van der Waals surface area contributed by atoms with Crippen LogP contribution in [0.1, 0.15) is 6.92 Å². The molecule has 1 aliphatic carbocycles. The zero-order chi connectivity index (χ0) is 18.7. The van der Waals surface area contributed by atoms with E-state index in [0.717, 1.165) is 41.3 Å². The number of pyridine rings is 1. The van der Waals surface area contributed by atoms with Gasteiger partial charge in [-0.3, -0.25) is 4.79 Å². The highest BCUT2D eigenvalue weighted by atomic mass is 35.5. The number of nitrogens with one attached hydrogen (secondary N) is 1. The van der Waals surface area contributed by atoms with Crippen molar-refractivity contribution < 1.29 is 4.79 Å². The highest BCUT2D eigenvalue weighted by Gasteiger charge is 2.56. The van der Waals surface area contributed by atoms with Gasteiger partial charge in [0.1, 0.15) is 11.6 Å². The second-order valence-corrected chi connectivity index (χ2v) is 7.87. The van der Waals surface area contributed by atoms with Gasteiger partial charge in [-0.25, -0.2) is 9.97 Å². The number of halogens is 1. The molecule has 27 heavy (non-hydrogen) atoms. The Hall–Kier alpha value is -2.60. The molecule has 5 rings (SSSR count). The number of fused-ring (bicyclic) bond motifs is 2. The third-order valence-electron chi connectivity index (χ3n) is 5.76. The first-order valence-corrected chi connectivity index (χ1v) is 9.50. The summed E-state index contributed by atoms with van der Waals surface area (Å²) in [6.07, 6.45) is 1.71. The summed E-state index contributed by atoms with van der Waals surface area (Å²) >= 11 is 6.47. The molecule has 1 N–H and O–H groups in total. The Morgan fingerprint density at radius 1 is 1.26 bits per heavy atom. The van der Waals surface area contributed by atoms with Crippen molar-refractivity contribution in [1.82, 2.24) is 19.9 Å². The van der Waals surface area contributed by atoms with Gasteiger partial charge >= 0.3 is 0 Å². The lowest BCUT2D eigenvalue weighted by Gasteiger charge is -2.22. The first kappa shape index (κ1) is 16.6. The van der Waals surface area contributed by atoms with Crippen molar-refractivity contribution >= 4 is 34.4 Å². The molecule has 6 nitrogen and oxygen atoms in total. The lowest BCUT2D eigenvalue weighted by molar-refractivity contribution is -0.119. The monoisotopic (exact) mass is 381 g/mol. The smallest absolute Gasteiger partial charge is 0.217 e. The quantitative estimate of drug-likeness (QED) is 0.757. The molecule has 0 bridgehead atoms. The van der Waals surface area contributed by atoms with Crippen molar-refractivity contribution in [3.8, 4) is 11.4 Å². The number of nitrogens with zero attached hydrogens (tertiary/aromatic N) is 4. The van der Waals surface area contributed by atoms with Crippen LogP contribution in [-0.2, 0) is 11.8 Å². The van der Waals surface area contributed by atoms with Crippen LogP contribution in [0.25, 0.3) is 22.4 Å². The van der Waals surface area contributed by atoms with Crippen molar-refractivity contribution in [2.75, 3.05) is 18.0 Å². The molecule has 3 heterocycles. The van der Waals surface area contributed by atoms with Crippen molar-refractivity contribution in [3.63, 3.8) is 0 Å². The average Bonchev–Trinajstić information content (AvgIpc) is 2.99. The molecular weight excluding hydrogens is 362 g/mol. The Kier molecular flexibility index (Phi) is 3.65. The Balaban J connectivity index is 1.44. The summed E-state index contributed by atoms with van der Waals surface area (Å²) in [5.74, 6) is 2.84. The molecule has 2 fully saturated rings. The Labute approximate surface area is 162 Å². The summed E-state index contributed by atoms with van der Waals surface area (Å²) in [6.45, 7) is 3.40. The molecule has 2 aromatic heterocycles. The fourth-order valence-electron chi connectivity index (χ4n) is 4.32. The van der Waals surface area contributed by atoms with Gasteiger partial charge in [-0.15, -0.1) is 0 Å². The molecule has 138 valence electrons. The highest BCUT2D eigenvalue weighted by molar-refractivity contribution is 6.33. The van der Waals surface area contributed by atoms with Crippen LogP contribution in [0.4, 0.5) is 5.82 Å². The third-order valence-corrected chi connectivity index (χ3v) is 6.06. The predicted octanol–water partition coefficient (Wildman–Crippen LogP) is 2.86. The topological polar surface area (TPSA) is 63.1 Å². The van der Waals surface area contributed by atoms with Gasteiger partial charge in [-0.2, -0.15) is 0 Å². The zero-order valence-corrected chi connectivity index (χ0v) is 15.9. The number of carbonyl (C=O) groups excluding carboxylic acids is 1. The van der Waals surface area contributed by atoms with E-state index >= 15 is 0 Å². The van der Waals surface area contributed by atoms with E-state index in [9.17, 15) is 4.79 Å². The third kappa shape index (κ3) is 2.67. The minimum atomic E-state index is 0.0507. The van der Waals surface area contributed by atoms with Crippen molar-refractivity contribution in [2.24, 2.45) is 18.9 Å². The van der Waals surface area contributed by atoms with Crippen LogP contribution in [0.3, 0.4) is 0 Å². The Bertz CT molecular complexity index is 1050. The molecule has 0 spiro atoms. The maximum atomic E-state index is 11.3. The number of amides is 1. The minimum Gasteiger partial charge on any atom is -0.356 e. The maximum absolute atomic E-state index is 11.3. The SMILES string of the molecule is CC(=O)N[C@@H]1[C@@H]2CN(c3cc(-c4nc5ccccc5n4C)c(Cl)cn3)C[C@@H]21. The summed E-state index contributed by atoms with van der Waals surface area (Å²) in [5, 5.41) is 3.63. The van der Waals surface area contributed by atoms with Gasteiger partial charge in [0.05, 0.1) is 16.1 Å². The molecule has 1 saturated carbocycles. The van der Waals surface area contributed by atoms with Gasteiger partial charge < -0.3 is 14.8 Å². The summed E-state index contributed by atoms with van der Waals surface area (Å²) < 4.78 is 2.06. The molecule has 1 aromatic carbocycles. The van der Waals surface area contributed by atoms with Crippen LogP contribution in [0.15, 0.2) is 36.5 Å². The van der Waals surface area contributed by atoms with Crippen LogP contribution < -0.4 is 10.2 Å². The van der Waals surface area contributed by atoms with E-state index < -0.39 is 0 Å². The zero-order valence-electron chi connectivity index (χ0n) is 15.2. The largest absolute Gasteiger partial charge is 0.356 e. The van der Waals surface area contributed by atoms with E-state index in [4.69, 9.17) is 16.6 Å². The standard InChI is InChI=1S/C20H20ClN5O/c1-11(27)23-19-13-9-26(10-14(13)19)18-7-12(15(21)8-22-18)20-24-16-5-3-4-6-17(16)25(20)2/h3-8,13-14,19H,9-10H2,1-2H3,(H,23,27)/t13-,14+,19-. The van der Waals surface area contributed by atoms with Gasteiger partial charge in [0.2, 0.25) is 5.91 Å². The summed E-state index contributed by atoms with van der Waals surface area (Å²) in [7, 11) is 2.00. The van der Waals surface area contributed by atoms with Gasteiger partial charge in [-0.05, 0) is 18.2 Å². The number of piperidine rings is 1. The molecule has 1 aliphatic heterocycles. The molecule has 1 amide bonds. The van der Waals surface area contributed by atoms with E-state index in [0.29, 0.717) is 22.9 Å². The number of rotatable bonds is 3. The number of para-hydroxylation sites is 2. The van der Waals surface area contributed by atoms with Crippen molar-refractivity contribution in [3.05, 3.63) is 41.6 Å². The molecule has 3 aromatic rings. The molecule has 2 aliphatic rings. The Morgan fingerprint density at radius 2 is 2.00 bits per heavy atom. The normalized spacial score (nSPS) is 23.5. The summed E-state index contributed by atoms with van der Waals surface area (Å²) in [6, 6.07) is 10.4. The van der Waals surface area contributed by atoms with Crippen LogP contribution in [0.5, 0.6) is 0 Å². The number of aryl methyl sites for hydroxylation is 1. The van der Waals surface area contributed by atoms with Crippen molar-refractivity contribution in [1.29, 1.82) is 0 Å². The lowest BCUT2D eigenvalue weighted by atomic mass is 10.2. The number of aromatic nitrogens is 3. The van der Waals surface area contributed by atoms with E-state index in [1.807, 2.05) is 31.3 Å². The molecule has 7 heteroatoms. The fraction of sp³-hybridized carbons (Fsp3) is 0.350. The van der Waals surface area contributed by atoms with Crippen LogP contribution in [0.2, 0.25) is 5.02 Å². The minimum absolute atomic E-state index is 0.0507. The van der Waals surface area contributed by atoms with Gasteiger partial charge in [0.25, 0.3) is 0 Å². The van der Waals surface area contributed by atoms with Crippen LogP contribution >= 0.6 is 11.6 Å². The summed E-state index contributed by atoms with van der Waals surface area (Å²) in [4.78, 5) is 22.8. The molecule has 0 unspecified atom stereocenters. The second kappa shape index (κ2) is 5.96. The van der Waals surface area contributed by atoms with Crippen LogP contribution in [0, 0.1) is 11.8 Å². The number of anilines is 1. The fourth-order valence-corrected chi connectivity index (χ4v) is 4.51. The first-order chi connectivity index (χ1) is 13.0. The van der Waals surface area contributed by atoms with E-state index in [-0.39, 0.29) is 5.91 Å². The summed E-state index contributed by atoms with van der Waals surface area (Å²) in [5.41, 5.74) is 2.91. The molecule has 3 atom stereocenters. The van der Waals surface area contributed by atoms with E-state index in [2.05, 4.69) is 25.8 Å².